The van der Waals surface area contributed by atoms with Crippen LogP contribution in [-0.2, 0) is 9.84 Å². The molecular weight excluding hydrogens is 376 g/mol. The van der Waals surface area contributed by atoms with Gasteiger partial charge in [0.05, 0.1) is 5.69 Å². The third-order valence-electron chi connectivity index (χ3n) is 4.30. The summed E-state index contributed by atoms with van der Waals surface area (Å²) in [5.74, 6) is -0.465. The molecule has 0 aliphatic heterocycles. The molecule has 3 rings (SSSR count). The Morgan fingerprint density at radius 2 is 1.71 bits per heavy atom. The van der Waals surface area contributed by atoms with E-state index in [2.05, 4.69) is 22.1 Å². The van der Waals surface area contributed by atoms with Crippen LogP contribution in [0.3, 0.4) is 0 Å². The summed E-state index contributed by atoms with van der Waals surface area (Å²) in [4.78, 5) is 13.0. The molecule has 144 valence electrons. The summed E-state index contributed by atoms with van der Waals surface area (Å²) in [5, 5.41) is 9.46. The van der Waals surface area contributed by atoms with Gasteiger partial charge in [-0.2, -0.15) is 4.68 Å². The zero-order valence-corrected chi connectivity index (χ0v) is 16.0. The lowest BCUT2D eigenvalue weighted by Crippen LogP contribution is -2.32. The summed E-state index contributed by atoms with van der Waals surface area (Å²) >= 11 is 0. The number of carbonyl (C=O) groups excluding carboxylic acids is 1. The minimum Gasteiger partial charge on any atom is -0.293 e. The van der Waals surface area contributed by atoms with Gasteiger partial charge in [0.1, 0.15) is 5.25 Å². The van der Waals surface area contributed by atoms with Gasteiger partial charge in [0.25, 0.3) is 5.16 Å². The highest BCUT2D eigenvalue weighted by molar-refractivity contribution is 7.92. The molecule has 1 atom stereocenters. The standard InChI is InChI=1S/C20H20N4O3S/c1-2-3-6-15-18(19(25)16-11-7-4-8-12-16)28(26,27)20-21-22-23-24(20)17-13-9-5-10-14-17/h2,4-5,7-14,18H,1,3,6,15H2. The lowest BCUT2D eigenvalue weighted by molar-refractivity contribution is 0.0983. The van der Waals surface area contributed by atoms with Crippen LogP contribution in [0.4, 0.5) is 0 Å². The quantitative estimate of drug-likeness (QED) is 0.313. The van der Waals surface area contributed by atoms with Crippen molar-refractivity contribution in [1.82, 2.24) is 20.2 Å². The number of aromatic nitrogens is 4. The molecule has 1 aromatic heterocycles. The minimum absolute atomic E-state index is 0.156. The number of rotatable bonds is 9. The highest BCUT2D eigenvalue weighted by atomic mass is 32.2. The average molecular weight is 396 g/mol. The summed E-state index contributed by atoms with van der Waals surface area (Å²) < 4.78 is 27.9. The van der Waals surface area contributed by atoms with Crippen LogP contribution in [0.25, 0.3) is 5.69 Å². The number of carbonyl (C=O) groups is 1. The van der Waals surface area contributed by atoms with E-state index in [4.69, 9.17) is 0 Å². The van der Waals surface area contributed by atoms with Gasteiger partial charge in [-0.05, 0) is 41.8 Å². The molecule has 0 spiro atoms. The second-order valence-electron chi connectivity index (χ2n) is 6.19. The fraction of sp³-hybridized carbons (Fsp3) is 0.200. The smallest absolute Gasteiger partial charge is 0.273 e. The Hall–Kier alpha value is -3.13. The molecular formula is C20H20N4O3S. The predicted octanol–water partition coefficient (Wildman–Crippen LogP) is 3.04. The van der Waals surface area contributed by atoms with Crippen LogP contribution in [-0.4, -0.2) is 39.7 Å². The Kier molecular flexibility index (Phi) is 6.10. The van der Waals surface area contributed by atoms with E-state index >= 15 is 0 Å². The van der Waals surface area contributed by atoms with Crippen LogP contribution >= 0.6 is 0 Å². The van der Waals surface area contributed by atoms with Crippen molar-refractivity contribution < 1.29 is 13.2 Å². The number of ketones is 1. The highest BCUT2D eigenvalue weighted by Crippen LogP contribution is 2.23. The second-order valence-corrected chi connectivity index (χ2v) is 8.22. The third kappa shape index (κ3) is 4.07. The van der Waals surface area contributed by atoms with Crippen molar-refractivity contribution in [3.63, 3.8) is 0 Å². The molecule has 7 nitrogen and oxygen atoms in total. The number of tetrazole rings is 1. The SMILES string of the molecule is C=CCCCC(C(=O)c1ccccc1)S(=O)(=O)c1nnnn1-c1ccccc1. The van der Waals surface area contributed by atoms with Gasteiger partial charge in [-0.1, -0.05) is 59.7 Å². The molecule has 0 amide bonds. The zero-order chi connectivity index (χ0) is 20.0. The number of hydrogen-bond acceptors (Lipinski definition) is 6. The molecule has 1 unspecified atom stereocenters. The van der Waals surface area contributed by atoms with E-state index in [1.807, 2.05) is 0 Å². The second kappa shape index (κ2) is 8.71. The number of para-hydroxylation sites is 1. The first kappa shape index (κ1) is 19.6. The van der Waals surface area contributed by atoms with E-state index in [0.29, 0.717) is 24.1 Å². The summed E-state index contributed by atoms with van der Waals surface area (Å²) in [7, 11) is -4.12. The van der Waals surface area contributed by atoms with E-state index in [1.165, 1.54) is 0 Å². The van der Waals surface area contributed by atoms with Crippen molar-refractivity contribution in [2.75, 3.05) is 0 Å². The van der Waals surface area contributed by atoms with Crippen LogP contribution in [0, 0.1) is 0 Å². The van der Waals surface area contributed by atoms with Gasteiger partial charge in [-0.3, -0.25) is 4.79 Å². The number of hydrogen-bond donors (Lipinski definition) is 0. The van der Waals surface area contributed by atoms with Gasteiger partial charge in [0.15, 0.2) is 5.78 Å². The molecule has 0 aliphatic carbocycles. The van der Waals surface area contributed by atoms with Crippen molar-refractivity contribution >= 4 is 15.6 Å². The number of unbranched alkanes of at least 4 members (excludes halogenated alkanes) is 1. The van der Waals surface area contributed by atoms with Crippen LogP contribution in [0.5, 0.6) is 0 Å². The van der Waals surface area contributed by atoms with E-state index < -0.39 is 20.9 Å². The molecule has 3 aromatic rings. The molecule has 0 aliphatic rings. The average Bonchev–Trinajstić information content (AvgIpc) is 3.23. The van der Waals surface area contributed by atoms with Gasteiger partial charge in [0.2, 0.25) is 9.84 Å². The third-order valence-corrected chi connectivity index (χ3v) is 6.26. The summed E-state index contributed by atoms with van der Waals surface area (Å²) in [5.41, 5.74) is 0.844. The molecule has 28 heavy (non-hydrogen) atoms. The monoisotopic (exact) mass is 396 g/mol. The molecule has 0 saturated carbocycles. The van der Waals surface area contributed by atoms with Gasteiger partial charge in [0, 0.05) is 5.56 Å². The maximum Gasteiger partial charge on any atom is 0.273 e. The van der Waals surface area contributed by atoms with E-state index in [1.54, 1.807) is 66.7 Å². The summed E-state index contributed by atoms with van der Waals surface area (Å²) in [6.45, 7) is 3.66. The first-order valence-corrected chi connectivity index (χ1v) is 10.4. The fourth-order valence-electron chi connectivity index (χ4n) is 2.88. The Morgan fingerprint density at radius 3 is 2.36 bits per heavy atom. The van der Waals surface area contributed by atoms with Crippen molar-refractivity contribution in [3.05, 3.63) is 78.9 Å². The van der Waals surface area contributed by atoms with Gasteiger partial charge in [-0.25, -0.2) is 8.42 Å². The largest absolute Gasteiger partial charge is 0.293 e. The van der Waals surface area contributed by atoms with Gasteiger partial charge in [-0.15, -0.1) is 6.58 Å². The van der Waals surface area contributed by atoms with Gasteiger partial charge < -0.3 is 0 Å². The van der Waals surface area contributed by atoms with E-state index in [9.17, 15) is 13.2 Å². The Bertz CT molecular complexity index is 1050. The Labute approximate surface area is 163 Å². The van der Waals surface area contributed by atoms with Crippen molar-refractivity contribution in [2.45, 2.75) is 29.7 Å². The van der Waals surface area contributed by atoms with Crippen LogP contribution in [0.1, 0.15) is 29.6 Å². The molecule has 0 radical (unpaired) electrons. The number of nitrogens with zero attached hydrogens (tertiary/aromatic N) is 4. The predicted molar refractivity (Wildman–Crippen MR) is 105 cm³/mol. The van der Waals surface area contributed by atoms with Crippen LogP contribution < -0.4 is 0 Å². The fourth-order valence-corrected chi connectivity index (χ4v) is 4.56. The van der Waals surface area contributed by atoms with E-state index in [-0.39, 0.29) is 11.6 Å². The molecule has 0 fully saturated rings. The van der Waals surface area contributed by atoms with Crippen LogP contribution in [0.2, 0.25) is 0 Å². The normalized spacial score (nSPS) is 12.4. The Balaban J connectivity index is 2.03. The summed E-state index contributed by atoms with van der Waals surface area (Å²) in [6, 6.07) is 17.1. The van der Waals surface area contributed by atoms with E-state index in [0.717, 1.165) is 4.68 Å². The first-order chi connectivity index (χ1) is 13.6. The lowest BCUT2D eigenvalue weighted by atomic mass is 10.0. The zero-order valence-electron chi connectivity index (χ0n) is 15.2. The number of benzene rings is 2. The lowest BCUT2D eigenvalue weighted by Gasteiger charge is -2.16. The van der Waals surface area contributed by atoms with Gasteiger partial charge >= 0.3 is 0 Å². The van der Waals surface area contributed by atoms with Crippen molar-refractivity contribution in [1.29, 1.82) is 0 Å². The molecule has 2 aromatic carbocycles. The summed E-state index contributed by atoms with van der Waals surface area (Å²) in [6.07, 6.45) is 2.98. The highest BCUT2D eigenvalue weighted by Gasteiger charge is 2.38. The van der Waals surface area contributed by atoms with Crippen molar-refractivity contribution in [3.8, 4) is 5.69 Å². The first-order valence-electron chi connectivity index (χ1n) is 8.83. The maximum absolute atomic E-state index is 13.4. The number of Topliss-reactive ketones (excluding diaryl/α,β-unsaturated/α-hetero) is 1. The molecule has 0 bridgehead atoms. The number of sulfone groups is 1. The maximum atomic E-state index is 13.4. The van der Waals surface area contributed by atoms with Crippen LogP contribution in [0.15, 0.2) is 78.5 Å². The minimum atomic E-state index is -4.12. The molecule has 0 saturated heterocycles. The topological polar surface area (TPSA) is 94.8 Å². The molecule has 0 N–H and O–H groups in total. The van der Waals surface area contributed by atoms with Crippen molar-refractivity contribution in [2.24, 2.45) is 0 Å². The Morgan fingerprint density at radius 1 is 1.07 bits per heavy atom. The molecule has 1 heterocycles. The molecule has 8 heteroatoms. The number of allylic oxidation sites excluding steroid dienone is 1.